The fraction of sp³-hybridized carbons (Fsp3) is 0.250. The number of rotatable bonds is 5. The first-order valence-electron chi connectivity index (χ1n) is 4.58. The van der Waals surface area contributed by atoms with Gasteiger partial charge in [0.1, 0.15) is 0 Å². The van der Waals surface area contributed by atoms with Crippen LogP contribution in [0.25, 0.3) is 0 Å². The van der Waals surface area contributed by atoms with Crippen molar-refractivity contribution in [2.45, 2.75) is 12.8 Å². The summed E-state index contributed by atoms with van der Waals surface area (Å²) < 4.78 is 0. The van der Waals surface area contributed by atoms with Crippen LogP contribution < -0.4 is 0 Å². The molecule has 0 N–H and O–H groups in total. The van der Waals surface area contributed by atoms with Crippen LogP contribution in [0.3, 0.4) is 0 Å². The first-order valence-corrected chi connectivity index (χ1v) is 4.96. The quantitative estimate of drug-likeness (QED) is 0.537. The van der Waals surface area contributed by atoms with E-state index in [-0.39, 0.29) is 11.2 Å². The third kappa shape index (κ3) is 3.35. The van der Waals surface area contributed by atoms with Crippen molar-refractivity contribution in [2.24, 2.45) is 5.92 Å². The molecule has 0 fully saturated rings. The minimum absolute atomic E-state index is 0.142. The molecule has 74 valence electrons. The van der Waals surface area contributed by atoms with Crippen LogP contribution in [-0.4, -0.2) is 5.24 Å². The molecule has 0 saturated heterocycles. The molecule has 0 aliphatic rings. The van der Waals surface area contributed by atoms with Crippen molar-refractivity contribution in [3.63, 3.8) is 0 Å². The Hall–Kier alpha value is -1.08. The molecule has 1 aromatic carbocycles. The molecular weight excluding hydrogens is 196 g/mol. The van der Waals surface area contributed by atoms with Crippen LogP contribution in [0.4, 0.5) is 0 Å². The monoisotopic (exact) mass is 208 g/mol. The first kappa shape index (κ1) is 11.0. The molecule has 1 atom stereocenters. The van der Waals surface area contributed by atoms with Gasteiger partial charge in [0, 0.05) is 5.92 Å². The lowest BCUT2D eigenvalue weighted by molar-refractivity contribution is -0.115. The smallest absolute Gasteiger partial charge is 0.225 e. The van der Waals surface area contributed by atoms with E-state index in [4.69, 9.17) is 11.6 Å². The topological polar surface area (TPSA) is 17.1 Å². The molecule has 0 aromatic heterocycles. The maximum atomic E-state index is 11.1. The third-order valence-electron chi connectivity index (χ3n) is 2.10. The van der Waals surface area contributed by atoms with Gasteiger partial charge in [-0.05, 0) is 30.0 Å². The highest BCUT2D eigenvalue weighted by molar-refractivity contribution is 6.64. The van der Waals surface area contributed by atoms with Crippen LogP contribution in [0, 0.1) is 5.92 Å². The van der Waals surface area contributed by atoms with Crippen LogP contribution in [0.15, 0.2) is 43.0 Å². The summed E-state index contributed by atoms with van der Waals surface area (Å²) in [6.45, 7) is 3.61. The summed E-state index contributed by atoms with van der Waals surface area (Å²) in [5.41, 5.74) is 1.13. The van der Waals surface area contributed by atoms with Crippen molar-refractivity contribution in [3.05, 3.63) is 48.6 Å². The fourth-order valence-electron chi connectivity index (χ4n) is 1.36. The normalized spacial score (nSPS) is 12.1. The lowest BCUT2D eigenvalue weighted by atomic mass is 9.97. The summed E-state index contributed by atoms with van der Waals surface area (Å²) in [6.07, 6.45) is 3.06. The van der Waals surface area contributed by atoms with Crippen molar-refractivity contribution < 1.29 is 4.79 Å². The van der Waals surface area contributed by atoms with Gasteiger partial charge in [0.2, 0.25) is 5.24 Å². The summed E-state index contributed by atoms with van der Waals surface area (Å²) in [5, 5.41) is -0.284. The van der Waals surface area contributed by atoms with E-state index < -0.39 is 0 Å². The number of hydrogen-bond donors (Lipinski definition) is 0. The maximum absolute atomic E-state index is 11.1. The molecule has 1 aromatic rings. The molecule has 0 amide bonds. The third-order valence-corrected chi connectivity index (χ3v) is 2.41. The zero-order chi connectivity index (χ0) is 10.4. The van der Waals surface area contributed by atoms with E-state index in [0.717, 1.165) is 5.56 Å². The molecule has 0 spiro atoms. The molecule has 2 heteroatoms. The van der Waals surface area contributed by atoms with Gasteiger partial charge < -0.3 is 0 Å². The molecule has 0 radical (unpaired) electrons. The number of halogens is 1. The second kappa shape index (κ2) is 5.61. The molecule has 0 heterocycles. The predicted molar refractivity (Wildman–Crippen MR) is 59.3 cm³/mol. The zero-order valence-electron chi connectivity index (χ0n) is 7.95. The van der Waals surface area contributed by atoms with Gasteiger partial charge in [-0.3, -0.25) is 4.79 Å². The number of hydrogen-bond acceptors (Lipinski definition) is 1. The van der Waals surface area contributed by atoms with Crippen molar-refractivity contribution in [1.82, 2.24) is 0 Å². The van der Waals surface area contributed by atoms with E-state index in [2.05, 4.69) is 6.58 Å². The molecule has 1 nitrogen and oxygen atoms in total. The van der Waals surface area contributed by atoms with E-state index >= 15 is 0 Å². The molecule has 14 heavy (non-hydrogen) atoms. The summed E-state index contributed by atoms with van der Waals surface area (Å²) in [4.78, 5) is 11.1. The Balaban J connectivity index is 2.64. The predicted octanol–water partition coefficient (Wildman–Crippen LogP) is 3.19. The SMILES string of the molecule is C=CCC(Cc1ccccc1)C(=O)Cl. The van der Waals surface area contributed by atoms with E-state index in [9.17, 15) is 4.79 Å². The summed E-state index contributed by atoms with van der Waals surface area (Å²) in [7, 11) is 0. The molecule has 0 aliphatic heterocycles. The Bertz CT molecular complexity index is 305. The average molecular weight is 209 g/mol. The van der Waals surface area contributed by atoms with E-state index in [1.807, 2.05) is 30.3 Å². The van der Waals surface area contributed by atoms with Gasteiger partial charge in [-0.15, -0.1) is 6.58 Å². The Labute approximate surface area is 89.4 Å². The van der Waals surface area contributed by atoms with Gasteiger partial charge in [0.25, 0.3) is 0 Å². The number of benzene rings is 1. The Morgan fingerprint density at radius 3 is 2.57 bits per heavy atom. The van der Waals surface area contributed by atoms with Gasteiger partial charge >= 0.3 is 0 Å². The minimum atomic E-state index is -0.284. The lowest BCUT2D eigenvalue weighted by Gasteiger charge is -2.09. The largest absolute Gasteiger partial charge is 0.281 e. The Kier molecular flexibility index (Phi) is 4.41. The first-order chi connectivity index (χ1) is 6.74. The number of allylic oxidation sites excluding steroid dienone is 1. The molecule has 0 bridgehead atoms. The van der Waals surface area contributed by atoms with Gasteiger partial charge in [0.15, 0.2) is 0 Å². The van der Waals surface area contributed by atoms with Crippen molar-refractivity contribution in [1.29, 1.82) is 0 Å². The molecule has 0 aliphatic carbocycles. The summed E-state index contributed by atoms with van der Waals surface area (Å²) >= 11 is 5.49. The minimum Gasteiger partial charge on any atom is -0.281 e. The molecule has 0 saturated carbocycles. The average Bonchev–Trinajstić information content (AvgIpc) is 2.18. The number of carbonyl (C=O) groups excluding carboxylic acids is 1. The van der Waals surface area contributed by atoms with Crippen LogP contribution in [0.5, 0.6) is 0 Å². The maximum Gasteiger partial charge on any atom is 0.225 e. The highest BCUT2D eigenvalue weighted by Gasteiger charge is 2.14. The summed E-state index contributed by atoms with van der Waals surface area (Å²) in [5.74, 6) is -0.142. The van der Waals surface area contributed by atoms with E-state index in [1.54, 1.807) is 6.08 Å². The molecular formula is C12H13ClO. The van der Waals surface area contributed by atoms with Crippen molar-refractivity contribution in [2.75, 3.05) is 0 Å². The van der Waals surface area contributed by atoms with Crippen LogP contribution in [0.2, 0.25) is 0 Å². The van der Waals surface area contributed by atoms with Gasteiger partial charge in [0.05, 0.1) is 0 Å². The van der Waals surface area contributed by atoms with Crippen LogP contribution in [0.1, 0.15) is 12.0 Å². The van der Waals surface area contributed by atoms with E-state index in [1.165, 1.54) is 0 Å². The highest BCUT2D eigenvalue weighted by atomic mass is 35.5. The van der Waals surface area contributed by atoms with Crippen LogP contribution in [-0.2, 0) is 11.2 Å². The van der Waals surface area contributed by atoms with Crippen molar-refractivity contribution >= 4 is 16.8 Å². The van der Waals surface area contributed by atoms with Gasteiger partial charge in [-0.2, -0.15) is 0 Å². The number of carbonyl (C=O) groups is 1. The molecule has 1 rings (SSSR count). The second-order valence-corrected chi connectivity index (χ2v) is 3.59. The second-order valence-electron chi connectivity index (χ2n) is 3.22. The lowest BCUT2D eigenvalue weighted by Crippen LogP contribution is -2.10. The van der Waals surface area contributed by atoms with Crippen LogP contribution >= 0.6 is 11.6 Å². The standard InChI is InChI=1S/C12H13ClO/c1-2-6-11(12(13)14)9-10-7-4-3-5-8-10/h2-5,7-8,11H,1,6,9H2. The Morgan fingerprint density at radius 2 is 2.07 bits per heavy atom. The summed E-state index contributed by atoms with van der Waals surface area (Å²) in [6, 6.07) is 9.86. The van der Waals surface area contributed by atoms with Gasteiger partial charge in [-0.1, -0.05) is 36.4 Å². The Morgan fingerprint density at radius 1 is 1.43 bits per heavy atom. The fourth-order valence-corrected chi connectivity index (χ4v) is 1.52. The highest BCUT2D eigenvalue weighted by Crippen LogP contribution is 2.15. The molecule has 1 unspecified atom stereocenters. The van der Waals surface area contributed by atoms with E-state index in [0.29, 0.717) is 12.8 Å². The zero-order valence-corrected chi connectivity index (χ0v) is 8.70. The van der Waals surface area contributed by atoms with Crippen molar-refractivity contribution in [3.8, 4) is 0 Å². The van der Waals surface area contributed by atoms with Gasteiger partial charge in [-0.25, -0.2) is 0 Å².